The van der Waals surface area contributed by atoms with Gasteiger partial charge < -0.3 is 14.0 Å². The molecule has 0 fully saturated rings. The zero-order chi connectivity index (χ0) is 17.7. The van der Waals surface area contributed by atoms with E-state index in [1.807, 2.05) is 18.4 Å². The van der Waals surface area contributed by atoms with Crippen LogP contribution in [0.5, 0.6) is 0 Å². The van der Waals surface area contributed by atoms with Crippen LogP contribution < -0.4 is 0 Å². The lowest BCUT2D eigenvalue weighted by Gasteiger charge is -2.29. The number of carbonyl (C=O) groups is 2. The van der Waals surface area contributed by atoms with Gasteiger partial charge in [-0.1, -0.05) is 0 Å². The molecule has 0 radical (unpaired) electrons. The summed E-state index contributed by atoms with van der Waals surface area (Å²) in [4.78, 5) is 36.8. The Morgan fingerprint density at radius 3 is 2.38 bits per heavy atom. The molecule has 0 saturated heterocycles. The van der Waals surface area contributed by atoms with E-state index in [0.29, 0.717) is 11.2 Å². The van der Waals surface area contributed by atoms with Crippen LogP contribution in [-0.2, 0) is 24.6 Å². The van der Waals surface area contributed by atoms with Crippen molar-refractivity contribution in [3.63, 3.8) is 0 Å². The first-order valence-electron chi connectivity index (χ1n) is 7.87. The minimum absolute atomic E-state index is 0.205. The predicted octanol–water partition coefficient (Wildman–Crippen LogP) is 1.69. The number of imidazole rings is 1. The fourth-order valence-electron chi connectivity index (χ4n) is 2.56. The van der Waals surface area contributed by atoms with Gasteiger partial charge in [0.05, 0.1) is 25.7 Å². The number of carbonyl (C=O) groups excluding carboxylic acids is 2. The lowest BCUT2D eigenvalue weighted by atomic mass is 9.90. The fraction of sp³-hybridized carbons (Fsp3) is 0.562. The van der Waals surface area contributed by atoms with Gasteiger partial charge in [0, 0.05) is 5.54 Å². The van der Waals surface area contributed by atoms with Crippen LogP contribution in [0, 0.1) is 5.92 Å². The van der Waals surface area contributed by atoms with Crippen LogP contribution in [0.25, 0.3) is 11.2 Å². The summed E-state index contributed by atoms with van der Waals surface area (Å²) >= 11 is 0. The van der Waals surface area contributed by atoms with Crippen molar-refractivity contribution in [3.8, 4) is 0 Å². The van der Waals surface area contributed by atoms with Crippen molar-refractivity contribution in [1.82, 2.24) is 19.5 Å². The van der Waals surface area contributed by atoms with E-state index >= 15 is 0 Å². The van der Waals surface area contributed by atoms with Crippen molar-refractivity contribution >= 4 is 23.1 Å². The van der Waals surface area contributed by atoms with Crippen molar-refractivity contribution in [2.45, 2.75) is 39.7 Å². The molecule has 0 spiro atoms. The van der Waals surface area contributed by atoms with Gasteiger partial charge in [-0.25, -0.2) is 15.0 Å². The molecule has 0 unspecified atom stereocenters. The van der Waals surface area contributed by atoms with Crippen LogP contribution in [0.15, 0.2) is 18.9 Å². The standard InChI is InChI=1S/C16H22N4O4/c1-5-23-14(21)11(15(22)24-6-2)7-16(3,4)20-10-19-12-8-17-9-18-13(12)20/h8-11H,5-7H2,1-4H3. The summed E-state index contributed by atoms with van der Waals surface area (Å²) in [6.07, 6.45) is 4.89. The molecule has 2 aromatic rings. The molecule has 0 aliphatic carbocycles. The first-order valence-corrected chi connectivity index (χ1v) is 7.87. The van der Waals surface area contributed by atoms with Crippen molar-refractivity contribution in [2.24, 2.45) is 5.92 Å². The van der Waals surface area contributed by atoms with Gasteiger partial charge in [-0.3, -0.25) is 9.59 Å². The molecular formula is C16H22N4O4. The van der Waals surface area contributed by atoms with Gasteiger partial charge in [-0.05, 0) is 34.1 Å². The van der Waals surface area contributed by atoms with Gasteiger partial charge in [-0.2, -0.15) is 0 Å². The number of rotatable bonds is 7. The third kappa shape index (κ3) is 3.69. The maximum atomic E-state index is 12.2. The SMILES string of the molecule is CCOC(=O)C(CC(C)(C)n1cnc2cncnc21)C(=O)OCC. The highest BCUT2D eigenvalue weighted by Crippen LogP contribution is 2.29. The number of esters is 2. The molecule has 2 aromatic heterocycles. The summed E-state index contributed by atoms with van der Waals surface area (Å²) in [7, 11) is 0. The van der Waals surface area contributed by atoms with Crippen LogP contribution in [0.2, 0.25) is 0 Å². The Balaban J connectivity index is 2.32. The Morgan fingerprint density at radius 1 is 1.17 bits per heavy atom. The third-order valence-corrected chi connectivity index (χ3v) is 3.71. The van der Waals surface area contributed by atoms with Gasteiger partial charge in [0.15, 0.2) is 11.6 Å². The van der Waals surface area contributed by atoms with Crippen molar-refractivity contribution in [3.05, 3.63) is 18.9 Å². The van der Waals surface area contributed by atoms with Gasteiger partial charge in [0.25, 0.3) is 0 Å². The van der Waals surface area contributed by atoms with Gasteiger partial charge in [0.2, 0.25) is 0 Å². The van der Waals surface area contributed by atoms with E-state index in [1.165, 1.54) is 6.33 Å². The topological polar surface area (TPSA) is 96.2 Å². The Morgan fingerprint density at radius 2 is 1.79 bits per heavy atom. The maximum absolute atomic E-state index is 12.2. The maximum Gasteiger partial charge on any atom is 0.320 e. The molecular weight excluding hydrogens is 312 g/mol. The number of ether oxygens (including phenoxy) is 2. The molecule has 0 aliphatic rings. The number of hydrogen-bond acceptors (Lipinski definition) is 7. The van der Waals surface area contributed by atoms with Crippen molar-refractivity contribution in [2.75, 3.05) is 13.2 Å². The highest BCUT2D eigenvalue weighted by Gasteiger charge is 2.37. The summed E-state index contributed by atoms with van der Waals surface area (Å²) in [6.45, 7) is 7.62. The smallest absolute Gasteiger partial charge is 0.320 e. The molecule has 2 heterocycles. The second-order valence-electron chi connectivity index (χ2n) is 5.92. The summed E-state index contributed by atoms with van der Waals surface area (Å²) in [6, 6.07) is 0. The second kappa shape index (κ2) is 7.37. The van der Waals surface area contributed by atoms with E-state index < -0.39 is 23.4 Å². The third-order valence-electron chi connectivity index (χ3n) is 3.71. The summed E-state index contributed by atoms with van der Waals surface area (Å²) in [5, 5.41) is 0. The average Bonchev–Trinajstić information content (AvgIpc) is 2.98. The predicted molar refractivity (Wildman–Crippen MR) is 86.0 cm³/mol. The Kier molecular flexibility index (Phi) is 5.48. The molecule has 0 amide bonds. The molecule has 0 saturated carbocycles. The van der Waals surface area contributed by atoms with Crippen molar-refractivity contribution in [1.29, 1.82) is 0 Å². The van der Waals surface area contributed by atoms with Crippen LogP contribution in [0.1, 0.15) is 34.1 Å². The Labute approximate surface area is 140 Å². The molecule has 0 aromatic carbocycles. The zero-order valence-electron chi connectivity index (χ0n) is 14.4. The Hall–Kier alpha value is -2.51. The fourth-order valence-corrected chi connectivity index (χ4v) is 2.56. The van der Waals surface area contributed by atoms with Crippen LogP contribution >= 0.6 is 0 Å². The molecule has 0 aliphatic heterocycles. The minimum atomic E-state index is -1.00. The summed E-state index contributed by atoms with van der Waals surface area (Å²) < 4.78 is 11.9. The second-order valence-corrected chi connectivity index (χ2v) is 5.92. The first kappa shape index (κ1) is 17.8. The Bertz CT molecular complexity index is 708. The van der Waals surface area contributed by atoms with Crippen LogP contribution in [0.4, 0.5) is 0 Å². The van der Waals surface area contributed by atoms with E-state index in [0.717, 1.165) is 0 Å². The van der Waals surface area contributed by atoms with E-state index in [-0.39, 0.29) is 19.6 Å². The van der Waals surface area contributed by atoms with Crippen molar-refractivity contribution < 1.29 is 19.1 Å². The van der Waals surface area contributed by atoms with E-state index in [2.05, 4.69) is 15.0 Å². The number of hydrogen-bond donors (Lipinski definition) is 0. The molecule has 8 nitrogen and oxygen atoms in total. The summed E-state index contributed by atoms with van der Waals surface area (Å²) in [5.41, 5.74) is 0.684. The highest BCUT2D eigenvalue weighted by atomic mass is 16.6. The molecule has 8 heteroatoms. The van der Waals surface area contributed by atoms with E-state index in [4.69, 9.17) is 9.47 Å². The molecule has 0 atom stereocenters. The first-order chi connectivity index (χ1) is 11.4. The molecule has 2 rings (SSSR count). The zero-order valence-corrected chi connectivity index (χ0v) is 14.4. The number of nitrogens with zero attached hydrogens (tertiary/aromatic N) is 4. The van der Waals surface area contributed by atoms with Gasteiger partial charge in [-0.15, -0.1) is 0 Å². The highest BCUT2D eigenvalue weighted by molar-refractivity contribution is 5.95. The van der Waals surface area contributed by atoms with Crippen LogP contribution in [-0.4, -0.2) is 44.7 Å². The van der Waals surface area contributed by atoms with E-state index in [1.54, 1.807) is 26.4 Å². The number of fused-ring (bicyclic) bond motifs is 1. The molecule has 24 heavy (non-hydrogen) atoms. The molecule has 0 N–H and O–H groups in total. The lowest BCUT2D eigenvalue weighted by molar-refractivity contribution is -0.163. The quantitative estimate of drug-likeness (QED) is 0.561. The van der Waals surface area contributed by atoms with Crippen LogP contribution in [0.3, 0.4) is 0 Å². The molecule has 0 bridgehead atoms. The van der Waals surface area contributed by atoms with Gasteiger partial charge in [0.1, 0.15) is 11.8 Å². The minimum Gasteiger partial charge on any atom is -0.465 e. The normalized spacial score (nSPS) is 11.7. The summed E-state index contributed by atoms with van der Waals surface area (Å²) in [5.74, 6) is -2.16. The average molecular weight is 334 g/mol. The lowest BCUT2D eigenvalue weighted by Crippen LogP contribution is -2.37. The van der Waals surface area contributed by atoms with Gasteiger partial charge >= 0.3 is 11.9 Å². The molecule has 130 valence electrons. The van der Waals surface area contributed by atoms with E-state index in [9.17, 15) is 9.59 Å². The largest absolute Gasteiger partial charge is 0.465 e. The monoisotopic (exact) mass is 334 g/mol. The number of aromatic nitrogens is 4.